The first-order valence-corrected chi connectivity index (χ1v) is 8.07. The molecule has 0 radical (unpaired) electrons. The van der Waals surface area contributed by atoms with Gasteiger partial charge in [0.25, 0.3) is 5.91 Å². The van der Waals surface area contributed by atoms with Gasteiger partial charge in [0.15, 0.2) is 0 Å². The highest BCUT2D eigenvalue weighted by molar-refractivity contribution is 6.35. The number of Topliss-reactive ketones (excluding diaryl/α,β-unsaturated/α-hetero) is 1. The normalized spacial score (nSPS) is 21.3. The number of likely N-dealkylation sites (tertiary alicyclic amines) is 1. The van der Waals surface area contributed by atoms with Crippen molar-refractivity contribution in [1.82, 2.24) is 15.5 Å². The molecule has 2 N–H and O–H groups in total. The van der Waals surface area contributed by atoms with Crippen molar-refractivity contribution >= 4 is 23.5 Å². The predicted molar refractivity (Wildman–Crippen MR) is 85.5 cm³/mol. The van der Waals surface area contributed by atoms with Crippen LogP contribution in [0.4, 0.5) is 0 Å². The van der Waals surface area contributed by atoms with E-state index in [2.05, 4.69) is 10.6 Å². The SMILES string of the molecule is CC(=O)C(=O)N1CCC[C@@H](C(=O)NC(C)C)[C@H]1C(=O)NC(C)C. The number of carbonyl (C=O) groups is 4. The summed E-state index contributed by atoms with van der Waals surface area (Å²) in [6.45, 7) is 8.77. The predicted octanol–water partition coefficient (Wildman–Crippen LogP) is 0.232. The van der Waals surface area contributed by atoms with Crippen molar-refractivity contribution in [2.45, 2.75) is 65.6 Å². The van der Waals surface area contributed by atoms with Gasteiger partial charge in [-0.15, -0.1) is 0 Å². The number of piperidine rings is 1. The zero-order chi connectivity index (χ0) is 17.7. The number of nitrogens with zero attached hydrogens (tertiary/aromatic N) is 1. The van der Waals surface area contributed by atoms with E-state index >= 15 is 0 Å². The number of ketones is 1. The van der Waals surface area contributed by atoms with Crippen molar-refractivity contribution in [2.24, 2.45) is 5.92 Å². The molecule has 3 amide bonds. The van der Waals surface area contributed by atoms with Crippen LogP contribution in [0.1, 0.15) is 47.5 Å². The maximum Gasteiger partial charge on any atom is 0.290 e. The van der Waals surface area contributed by atoms with Crippen LogP contribution < -0.4 is 10.6 Å². The van der Waals surface area contributed by atoms with Gasteiger partial charge in [0.1, 0.15) is 6.04 Å². The highest BCUT2D eigenvalue weighted by Gasteiger charge is 2.43. The fourth-order valence-electron chi connectivity index (χ4n) is 2.79. The van der Waals surface area contributed by atoms with Crippen LogP contribution in [-0.2, 0) is 19.2 Å². The van der Waals surface area contributed by atoms with Gasteiger partial charge in [-0.1, -0.05) is 0 Å². The Balaban J connectivity index is 3.10. The largest absolute Gasteiger partial charge is 0.354 e. The Hall–Kier alpha value is -1.92. The number of rotatable bonds is 5. The lowest BCUT2D eigenvalue weighted by Crippen LogP contribution is -2.61. The topological polar surface area (TPSA) is 95.6 Å². The van der Waals surface area contributed by atoms with E-state index < -0.39 is 29.6 Å². The molecule has 1 heterocycles. The lowest BCUT2D eigenvalue weighted by Gasteiger charge is -2.39. The molecule has 0 saturated carbocycles. The smallest absolute Gasteiger partial charge is 0.290 e. The van der Waals surface area contributed by atoms with Crippen molar-refractivity contribution in [1.29, 1.82) is 0 Å². The molecule has 1 fully saturated rings. The minimum atomic E-state index is -0.943. The highest BCUT2D eigenvalue weighted by atomic mass is 16.2. The summed E-state index contributed by atoms with van der Waals surface area (Å²) in [4.78, 5) is 49.8. The molecule has 2 atom stereocenters. The molecule has 1 aliphatic heterocycles. The van der Waals surface area contributed by atoms with Gasteiger partial charge in [0, 0.05) is 25.6 Å². The van der Waals surface area contributed by atoms with Crippen molar-refractivity contribution in [3.05, 3.63) is 0 Å². The summed E-state index contributed by atoms with van der Waals surface area (Å²) in [5.74, 6) is -2.63. The average Bonchev–Trinajstić information content (AvgIpc) is 2.43. The number of amides is 3. The Kier molecular flexibility index (Phi) is 6.72. The maximum absolute atomic E-state index is 12.6. The van der Waals surface area contributed by atoms with Crippen LogP contribution in [-0.4, -0.2) is 53.1 Å². The van der Waals surface area contributed by atoms with E-state index in [1.165, 1.54) is 11.8 Å². The summed E-state index contributed by atoms with van der Waals surface area (Å²) >= 11 is 0. The highest BCUT2D eigenvalue weighted by Crippen LogP contribution is 2.25. The lowest BCUT2D eigenvalue weighted by molar-refractivity contribution is -0.153. The van der Waals surface area contributed by atoms with Crippen LogP contribution in [0, 0.1) is 5.92 Å². The van der Waals surface area contributed by atoms with Gasteiger partial charge >= 0.3 is 0 Å². The molecule has 1 rings (SSSR count). The van der Waals surface area contributed by atoms with Gasteiger partial charge in [-0.3, -0.25) is 19.2 Å². The van der Waals surface area contributed by atoms with Crippen molar-refractivity contribution in [3.63, 3.8) is 0 Å². The number of hydrogen-bond acceptors (Lipinski definition) is 4. The third-order valence-corrected chi connectivity index (χ3v) is 3.66. The third-order valence-electron chi connectivity index (χ3n) is 3.66. The van der Waals surface area contributed by atoms with Crippen molar-refractivity contribution in [3.8, 4) is 0 Å². The van der Waals surface area contributed by atoms with Gasteiger partial charge in [-0.05, 0) is 40.5 Å². The van der Waals surface area contributed by atoms with Crippen LogP contribution in [0.5, 0.6) is 0 Å². The van der Waals surface area contributed by atoms with Crippen LogP contribution >= 0.6 is 0 Å². The maximum atomic E-state index is 12.6. The molecule has 23 heavy (non-hydrogen) atoms. The van der Waals surface area contributed by atoms with Gasteiger partial charge in [0.2, 0.25) is 17.6 Å². The molecule has 130 valence electrons. The van der Waals surface area contributed by atoms with Crippen molar-refractivity contribution in [2.75, 3.05) is 6.54 Å². The Bertz CT molecular complexity index is 488. The zero-order valence-corrected chi connectivity index (χ0v) is 14.5. The van der Waals surface area contributed by atoms with Crippen LogP contribution in [0.2, 0.25) is 0 Å². The molecule has 0 spiro atoms. The summed E-state index contributed by atoms with van der Waals surface area (Å²) in [5, 5.41) is 5.55. The monoisotopic (exact) mass is 325 g/mol. The Morgan fingerprint density at radius 1 is 0.957 bits per heavy atom. The Morgan fingerprint density at radius 2 is 1.48 bits per heavy atom. The van der Waals surface area contributed by atoms with E-state index in [9.17, 15) is 19.2 Å². The minimum Gasteiger partial charge on any atom is -0.354 e. The summed E-state index contributed by atoms with van der Waals surface area (Å²) in [7, 11) is 0. The molecule has 0 aromatic rings. The van der Waals surface area contributed by atoms with E-state index in [4.69, 9.17) is 0 Å². The van der Waals surface area contributed by atoms with Gasteiger partial charge in [-0.25, -0.2) is 0 Å². The lowest BCUT2D eigenvalue weighted by atomic mass is 9.87. The van der Waals surface area contributed by atoms with Gasteiger partial charge in [-0.2, -0.15) is 0 Å². The number of carbonyl (C=O) groups excluding carboxylic acids is 4. The second-order valence-electron chi connectivity index (χ2n) is 6.57. The molecule has 0 aliphatic carbocycles. The molecule has 1 saturated heterocycles. The van der Waals surface area contributed by atoms with E-state index in [1.807, 2.05) is 13.8 Å². The molecule has 7 nitrogen and oxygen atoms in total. The first kappa shape index (κ1) is 19.1. The molecule has 0 aromatic heterocycles. The molecular formula is C16H27N3O4. The van der Waals surface area contributed by atoms with E-state index in [0.29, 0.717) is 19.4 Å². The minimum absolute atomic E-state index is 0.0600. The molecule has 1 aliphatic rings. The summed E-state index contributed by atoms with van der Waals surface area (Å²) in [5.41, 5.74) is 0. The zero-order valence-electron chi connectivity index (χ0n) is 14.5. The fourth-order valence-corrected chi connectivity index (χ4v) is 2.79. The standard InChI is InChI=1S/C16H27N3O4/c1-9(2)17-14(21)12-7-6-8-19(16(23)11(5)20)13(12)15(22)18-10(3)4/h9-10,12-13H,6-8H2,1-5H3,(H,17,21)(H,18,22)/t12-,13+/m1/s1. The van der Waals surface area contributed by atoms with Crippen LogP contribution in [0.15, 0.2) is 0 Å². The van der Waals surface area contributed by atoms with E-state index in [-0.39, 0.29) is 18.0 Å². The fraction of sp³-hybridized carbons (Fsp3) is 0.750. The Labute approximate surface area is 137 Å². The number of nitrogens with one attached hydrogen (secondary N) is 2. The summed E-state index contributed by atoms with van der Waals surface area (Å²) in [6.07, 6.45) is 1.09. The van der Waals surface area contributed by atoms with Gasteiger partial charge < -0.3 is 15.5 Å². The van der Waals surface area contributed by atoms with Crippen LogP contribution in [0.25, 0.3) is 0 Å². The molecule has 0 aromatic carbocycles. The van der Waals surface area contributed by atoms with E-state index in [1.54, 1.807) is 13.8 Å². The second kappa shape index (κ2) is 8.08. The molecule has 0 bridgehead atoms. The van der Waals surface area contributed by atoms with E-state index in [0.717, 1.165) is 0 Å². The summed E-state index contributed by atoms with van der Waals surface area (Å²) < 4.78 is 0. The van der Waals surface area contributed by atoms with Crippen LogP contribution in [0.3, 0.4) is 0 Å². The molecular weight excluding hydrogens is 298 g/mol. The quantitative estimate of drug-likeness (QED) is 0.707. The molecule has 7 heteroatoms. The van der Waals surface area contributed by atoms with Crippen molar-refractivity contribution < 1.29 is 19.2 Å². The first-order chi connectivity index (χ1) is 10.6. The first-order valence-electron chi connectivity index (χ1n) is 8.07. The second-order valence-corrected chi connectivity index (χ2v) is 6.57. The van der Waals surface area contributed by atoms with Gasteiger partial charge in [0.05, 0.1) is 5.92 Å². The Morgan fingerprint density at radius 3 is 1.96 bits per heavy atom. The third kappa shape index (κ3) is 5.04. The summed E-state index contributed by atoms with van der Waals surface area (Å²) in [6, 6.07) is -1.12. The average molecular weight is 325 g/mol. The molecule has 0 unspecified atom stereocenters. The number of hydrogen-bond donors (Lipinski definition) is 2.